The van der Waals surface area contributed by atoms with Crippen LogP contribution in [0.5, 0.6) is 11.5 Å². The Kier molecular flexibility index (Phi) is 5.91. The molecule has 0 atom stereocenters. The number of phenols is 1. The molecule has 0 unspecified atom stereocenters. The van der Waals surface area contributed by atoms with Gasteiger partial charge < -0.3 is 15.2 Å². The van der Waals surface area contributed by atoms with Crippen molar-refractivity contribution in [3.8, 4) is 11.5 Å². The molecule has 1 rings (SSSR count). The highest BCUT2D eigenvalue weighted by Crippen LogP contribution is 2.26. The molecule has 0 fully saturated rings. The molecule has 1 aromatic rings. The molecule has 120 valence electrons. The number of rotatable bonds is 4. The maximum Gasteiger partial charge on any atom is 0.329 e. The van der Waals surface area contributed by atoms with E-state index in [0.29, 0.717) is 17.9 Å². The zero-order valence-corrected chi connectivity index (χ0v) is 13.1. The highest BCUT2D eigenvalue weighted by atomic mass is 16.5. The zero-order chi connectivity index (χ0) is 16.8. The second-order valence-electron chi connectivity index (χ2n) is 5.56. The molecule has 0 radical (unpaired) electrons. The van der Waals surface area contributed by atoms with E-state index >= 15 is 0 Å². The number of carbonyl (C=O) groups excluding carboxylic acids is 2. The predicted molar refractivity (Wildman–Crippen MR) is 82.9 cm³/mol. The minimum absolute atomic E-state index is 0.0209. The lowest BCUT2D eigenvalue weighted by Gasteiger charge is -2.19. The first kappa shape index (κ1) is 17.5. The molecule has 22 heavy (non-hydrogen) atoms. The number of hydrogen-bond donors (Lipinski definition) is 3. The number of amides is 2. The third-order valence-electron chi connectivity index (χ3n) is 2.36. The van der Waals surface area contributed by atoms with E-state index in [4.69, 9.17) is 4.74 Å². The van der Waals surface area contributed by atoms with Crippen LogP contribution >= 0.6 is 0 Å². The molecule has 0 bridgehead atoms. The molecule has 1 aromatic carbocycles. The fraction of sp³-hybridized carbons (Fsp3) is 0.400. The normalized spacial score (nSPS) is 11.3. The molecule has 0 aliphatic heterocycles. The average Bonchev–Trinajstić information content (AvgIpc) is 2.40. The van der Waals surface area contributed by atoms with Crippen molar-refractivity contribution in [1.82, 2.24) is 10.7 Å². The van der Waals surface area contributed by atoms with E-state index < -0.39 is 17.4 Å². The van der Waals surface area contributed by atoms with Gasteiger partial charge in [0.05, 0.1) is 12.8 Å². The Morgan fingerprint density at radius 3 is 2.59 bits per heavy atom. The first-order valence-corrected chi connectivity index (χ1v) is 6.84. The molecule has 0 saturated carbocycles. The monoisotopic (exact) mass is 307 g/mol. The van der Waals surface area contributed by atoms with Crippen LogP contribution in [-0.4, -0.2) is 35.3 Å². The summed E-state index contributed by atoms with van der Waals surface area (Å²) in [5.74, 6) is -1.27. The van der Waals surface area contributed by atoms with Gasteiger partial charge in [-0.25, -0.2) is 5.43 Å². The number of ether oxygens (including phenoxy) is 1. The van der Waals surface area contributed by atoms with Gasteiger partial charge in [-0.05, 0) is 51.5 Å². The van der Waals surface area contributed by atoms with Crippen LogP contribution in [-0.2, 0) is 9.59 Å². The van der Waals surface area contributed by atoms with Crippen LogP contribution in [0, 0.1) is 0 Å². The molecule has 0 aromatic heterocycles. The van der Waals surface area contributed by atoms with E-state index in [-0.39, 0.29) is 5.75 Å². The third-order valence-corrected chi connectivity index (χ3v) is 2.36. The first-order chi connectivity index (χ1) is 10.2. The van der Waals surface area contributed by atoms with E-state index in [2.05, 4.69) is 15.8 Å². The smallest absolute Gasteiger partial charge is 0.329 e. The van der Waals surface area contributed by atoms with Gasteiger partial charge in [0.25, 0.3) is 0 Å². The number of nitrogens with one attached hydrogen (secondary N) is 2. The summed E-state index contributed by atoms with van der Waals surface area (Å²) in [6.45, 7) is 7.53. The second-order valence-corrected chi connectivity index (χ2v) is 5.56. The summed E-state index contributed by atoms with van der Waals surface area (Å²) in [5.41, 5.74) is 2.25. The number of nitrogens with zero attached hydrogens (tertiary/aromatic N) is 1. The number of benzene rings is 1. The molecular formula is C15H21N3O4. The Bertz CT molecular complexity index is 577. The van der Waals surface area contributed by atoms with Crippen LogP contribution in [0.1, 0.15) is 33.3 Å². The lowest BCUT2D eigenvalue weighted by molar-refractivity contribution is -0.140. The van der Waals surface area contributed by atoms with Crippen molar-refractivity contribution < 1.29 is 19.4 Å². The molecule has 7 heteroatoms. The minimum atomic E-state index is -0.852. The van der Waals surface area contributed by atoms with Crippen molar-refractivity contribution in [3.05, 3.63) is 23.8 Å². The van der Waals surface area contributed by atoms with Gasteiger partial charge in [0, 0.05) is 5.54 Å². The number of carbonyl (C=O) groups is 2. The lowest BCUT2D eigenvalue weighted by atomic mass is 10.1. The largest absolute Gasteiger partial charge is 0.504 e. The quantitative estimate of drug-likeness (QED) is 0.441. The van der Waals surface area contributed by atoms with Crippen LogP contribution in [0.4, 0.5) is 0 Å². The Hall–Kier alpha value is -2.57. The number of hydrazone groups is 1. The summed E-state index contributed by atoms with van der Waals surface area (Å²) in [4.78, 5) is 23.1. The van der Waals surface area contributed by atoms with Crippen molar-refractivity contribution in [2.45, 2.75) is 33.2 Å². The lowest BCUT2D eigenvalue weighted by Crippen LogP contribution is -2.47. The van der Waals surface area contributed by atoms with Crippen LogP contribution in [0.3, 0.4) is 0 Å². The Labute approximate surface area is 129 Å². The highest BCUT2D eigenvalue weighted by Gasteiger charge is 2.19. The second kappa shape index (κ2) is 7.44. The van der Waals surface area contributed by atoms with E-state index in [9.17, 15) is 14.7 Å². The fourth-order valence-corrected chi connectivity index (χ4v) is 1.50. The van der Waals surface area contributed by atoms with Gasteiger partial charge in [0.15, 0.2) is 11.5 Å². The number of aromatic hydroxyl groups is 1. The summed E-state index contributed by atoms with van der Waals surface area (Å²) >= 11 is 0. The predicted octanol–water partition coefficient (Wildman–Crippen LogP) is 1.16. The van der Waals surface area contributed by atoms with E-state index in [1.54, 1.807) is 39.8 Å². The average molecular weight is 307 g/mol. The number of phenolic OH excluding ortho intramolecular Hbond substituents is 1. The third kappa shape index (κ3) is 5.82. The Balaban J connectivity index is 2.64. The standard InChI is InChI=1S/C15H21N3O4/c1-5-22-12-8-10(6-7-11(12)19)9-16-18-14(21)13(20)17-15(2,3)4/h6-9,19H,5H2,1-4H3,(H,17,20)(H,18,21). The maximum atomic E-state index is 11.5. The summed E-state index contributed by atoms with van der Waals surface area (Å²) < 4.78 is 5.23. The van der Waals surface area contributed by atoms with Crippen LogP contribution in [0.2, 0.25) is 0 Å². The van der Waals surface area contributed by atoms with Gasteiger partial charge in [-0.2, -0.15) is 5.10 Å². The van der Waals surface area contributed by atoms with Crippen LogP contribution in [0.25, 0.3) is 0 Å². The van der Waals surface area contributed by atoms with E-state index in [1.165, 1.54) is 12.3 Å². The molecule has 0 aliphatic rings. The van der Waals surface area contributed by atoms with Crippen LogP contribution < -0.4 is 15.5 Å². The van der Waals surface area contributed by atoms with Crippen molar-refractivity contribution in [2.24, 2.45) is 5.10 Å². The molecular weight excluding hydrogens is 286 g/mol. The van der Waals surface area contributed by atoms with Crippen molar-refractivity contribution in [3.63, 3.8) is 0 Å². The topological polar surface area (TPSA) is 100 Å². The first-order valence-electron chi connectivity index (χ1n) is 6.84. The molecule has 2 amide bonds. The summed E-state index contributed by atoms with van der Waals surface area (Å²) in [5, 5.41) is 15.8. The molecule has 0 spiro atoms. The summed E-state index contributed by atoms with van der Waals surface area (Å²) in [6, 6.07) is 4.63. The molecule has 3 N–H and O–H groups in total. The van der Waals surface area contributed by atoms with Gasteiger partial charge in [-0.15, -0.1) is 0 Å². The Morgan fingerprint density at radius 1 is 1.32 bits per heavy atom. The van der Waals surface area contributed by atoms with Gasteiger partial charge in [-0.3, -0.25) is 9.59 Å². The van der Waals surface area contributed by atoms with Crippen molar-refractivity contribution >= 4 is 18.0 Å². The molecule has 7 nitrogen and oxygen atoms in total. The zero-order valence-electron chi connectivity index (χ0n) is 13.1. The summed E-state index contributed by atoms with van der Waals surface area (Å²) in [6.07, 6.45) is 1.35. The number of hydrogen-bond acceptors (Lipinski definition) is 5. The van der Waals surface area contributed by atoms with Gasteiger partial charge in [0.1, 0.15) is 0 Å². The summed E-state index contributed by atoms with van der Waals surface area (Å²) in [7, 11) is 0. The minimum Gasteiger partial charge on any atom is -0.504 e. The Morgan fingerprint density at radius 2 is 2.00 bits per heavy atom. The fourth-order valence-electron chi connectivity index (χ4n) is 1.50. The van der Waals surface area contributed by atoms with E-state index in [1.807, 2.05) is 0 Å². The van der Waals surface area contributed by atoms with Crippen molar-refractivity contribution in [2.75, 3.05) is 6.61 Å². The molecule has 0 saturated heterocycles. The van der Waals surface area contributed by atoms with Gasteiger partial charge in [0.2, 0.25) is 0 Å². The van der Waals surface area contributed by atoms with Crippen LogP contribution in [0.15, 0.2) is 23.3 Å². The highest BCUT2D eigenvalue weighted by molar-refractivity contribution is 6.35. The van der Waals surface area contributed by atoms with Gasteiger partial charge >= 0.3 is 11.8 Å². The molecule has 0 aliphatic carbocycles. The van der Waals surface area contributed by atoms with E-state index in [0.717, 1.165) is 0 Å². The SMILES string of the molecule is CCOc1cc(C=NNC(=O)C(=O)NC(C)(C)C)ccc1O. The van der Waals surface area contributed by atoms with Gasteiger partial charge in [-0.1, -0.05) is 0 Å². The van der Waals surface area contributed by atoms with Crippen molar-refractivity contribution in [1.29, 1.82) is 0 Å². The molecule has 0 heterocycles. The maximum absolute atomic E-state index is 11.5.